The van der Waals surface area contributed by atoms with Crippen LogP contribution >= 0.6 is 11.8 Å². The molecule has 1 aliphatic heterocycles. The number of rotatable bonds is 4. The fourth-order valence-electron chi connectivity index (χ4n) is 1.67. The van der Waals surface area contributed by atoms with Gasteiger partial charge in [-0.15, -0.1) is 0 Å². The van der Waals surface area contributed by atoms with Gasteiger partial charge in [0, 0.05) is 18.1 Å². The summed E-state index contributed by atoms with van der Waals surface area (Å²) in [5.41, 5.74) is 0. The van der Waals surface area contributed by atoms with E-state index >= 15 is 0 Å². The molecule has 1 N–H and O–H groups in total. The van der Waals surface area contributed by atoms with Crippen molar-refractivity contribution in [1.29, 1.82) is 0 Å². The van der Waals surface area contributed by atoms with E-state index in [0.717, 1.165) is 24.7 Å². The normalized spacial score (nSPS) is 22.5. The van der Waals surface area contributed by atoms with Crippen LogP contribution < -0.4 is 5.32 Å². The molecule has 2 heterocycles. The Morgan fingerprint density at radius 1 is 1.62 bits per heavy atom. The highest BCUT2D eigenvalue weighted by Crippen LogP contribution is 2.25. The lowest BCUT2D eigenvalue weighted by Gasteiger charge is -2.29. The van der Waals surface area contributed by atoms with Crippen LogP contribution in [0.15, 0.2) is 4.52 Å². The number of hydrogen-bond donors (Lipinski definition) is 1. The van der Waals surface area contributed by atoms with Gasteiger partial charge < -0.3 is 9.84 Å². The Labute approximate surface area is 100.0 Å². The number of aromatic nitrogens is 2. The van der Waals surface area contributed by atoms with Crippen molar-refractivity contribution in [3.8, 4) is 0 Å². The zero-order valence-corrected chi connectivity index (χ0v) is 10.6. The monoisotopic (exact) mass is 242 g/mol. The van der Waals surface area contributed by atoms with Crippen LogP contribution in [0.3, 0.4) is 0 Å². The maximum atomic E-state index is 5.21. The average Bonchev–Trinajstić information content (AvgIpc) is 2.75. The highest BCUT2D eigenvalue weighted by atomic mass is 32.2. The SMILES string of the molecule is CCNCc1nc(C2CSCCN2C)no1. The molecule has 16 heavy (non-hydrogen) atoms. The topological polar surface area (TPSA) is 54.2 Å². The van der Waals surface area contributed by atoms with Crippen molar-refractivity contribution in [2.24, 2.45) is 0 Å². The molecule has 0 amide bonds. The van der Waals surface area contributed by atoms with Gasteiger partial charge in [0.1, 0.15) is 0 Å². The zero-order valence-electron chi connectivity index (χ0n) is 9.77. The summed E-state index contributed by atoms with van der Waals surface area (Å²) in [5, 5.41) is 7.24. The quantitative estimate of drug-likeness (QED) is 0.846. The number of thioether (sulfide) groups is 1. The summed E-state index contributed by atoms with van der Waals surface area (Å²) in [7, 11) is 2.12. The van der Waals surface area contributed by atoms with E-state index in [0.29, 0.717) is 18.5 Å². The number of hydrogen-bond acceptors (Lipinski definition) is 6. The largest absolute Gasteiger partial charge is 0.338 e. The van der Waals surface area contributed by atoms with Gasteiger partial charge in [-0.1, -0.05) is 12.1 Å². The van der Waals surface area contributed by atoms with Crippen molar-refractivity contribution in [2.45, 2.75) is 19.5 Å². The van der Waals surface area contributed by atoms with Crippen LogP contribution in [-0.4, -0.2) is 46.7 Å². The Balaban J connectivity index is 1.99. The van der Waals surface area contributed by atoms with Crippen molar-refractivity contribution in [2.75, 3.05) is 31.6 Å². The molecule has 1 unspecified atom stereocenters. The van der Waals surface area contributed by atoms with Crippen molar-refractivity contribution in [1.82, 2.24) is 20.4 Å². The van der Waals surface area contributed by atoms with E-state index in [-0.39, 0.29) is 0 Å². The molecule has 1 fully saturated rings. The first-order valence-electron chi connectivity index (χ1n) is 5.62. The summed E-state index contributed by atoms with van der Waals surface area (Å²) in [6.07, 6.45) is 0. The van der Waals surface area contributed by atoms with Gasteiger partial charge in [0.15, 0.2) is 5.82 Å². The molecule has 0 spiro atoms. The molecular formula is C10H18N4OS. The second-order valence-electron chi connectivity index (χ2n) is 3.90. The molecule has 1 aromatic rings. The van der Waals surface area contributed by atoms with Crippen molar-refractivity contribution in [3.05, 3.63) is 11.7 Å². The van der Waals surface area contributed by atoms with Crippen LogP contribution in [0.5, 0.6) is 0 Å². The predicted octanol–water partition coefficient (Wildman–Crippen LogP) is 0.899. The van der Waals surface area contributed by atoms with Gasteiger partial charge in [-0.2, -0.15) is 16.7 Å². The minimum Gasteiger partial charge on any atom is -0.338 e. The Morgan fingerprint density at radius 3 is 3.25 bits per heavy atom. The molecule has 6 heteroatoms. The minimum absolute atomic E-state index is 0.304. The second kappa shape index (κ2) is 5.65. The molecule has 0 saturated carbocycles. The van der Waals surface area contributed by atoms with Crippen LogP contribution in [0.1, 0.15) is 24.7 Å². The molecule has 1 atom stereocenters. The molecular weight excluding hydrogens is 224 g/mol. The Bertz CT molecular complexity index is 330. The van der Waals surface area contributed by atoms with Crippen LogP contribution in [-0.2, 0) is 6.54 Å². The van der Waals surface area contributed by atoms with E-state index < -0.39 is 0 Å². The van der Waals surface area contributed by atoms with Gasteiger partial charge in [0.05, 0.1) is 12.6 Å². The molecule has 1 aromatic heterocycles. The lowest BCUT2D eigenvalue weighted by atomic mass is 10.3. The standard InChI is InChI=1S/C10H18N4OS/c1-3-11-6-9-12-10(13-15-9)8-7-16-5-4-14(8)2/h8,11H,3-7H2,1-2H3. The lowest BCUT2D eigenvalue weighted by molar-refractivity contribution is 0.256. The van der Waals surface area contributed by atoms with E-state index in [4.69, 9.17) is 4.52 Å². The molecule has 1 saturated heterocycles. The van der Waals surface area contributed by atoms with Crippen molar-refractivity contribution >= 4 is 11.8 Å². The van der Waals surface area contributed by atoms with Crippen molar-refractivity contribution < 1.29 is 4.52 Å². The highest BCUT2D eigenvalue weighted by molar-refractivity contribution is 7.99. The molecule has 1 aliphatic rings. The van der Waals surface area contributed by atoms with Crippen LogP contribution in [0.25, 0.3) is 0 Å². The van der Waals surface area contributed by atoms with E-state index in [1.165, 1.54) is 5.75 Å². The van der Waals surface area contributed by atoms with Gasteiger partial charge in [-0.3, -0.25) is 4.90 Å². The van der Waals surface area contributed by atoms with Gasteiger partial charge >= 0.3 is 0 Å². The molecule has 2 rings (SSSR count). The van der Waals surface area contributed by atoms with E-state index in [1.807, 2.05) is 11.8 Å². The summed E-state index contributed by atoms with van der Waals surface area (Å²) in [6, 6.07) is 0.304. The number of nitrogens with one attached hydrogen (secondary N) is 1. The van der Waals surface area contributed by atoms with Crippen LogP contribution in [0.2, 0.25) is 0 Å². The molecule has 0 radical (unpaired) electrons. The summed E-state index contributed by atoms with van der Waals surface area (Å²) in [6.45, 7) is 4.72. The fraction of sp³-hybridized carbons (Fsp3) is 0.800. The smallest absolute Gasteiger partial charge is 0.240 e. The van der Waals surface area contributed by atoms with Gasteiger partial charge in [-0.25, -0.2) is 0 Å². The number of nitrogens with zero attached hydrogens (tertiary/aromatic N) is 3. The summed E-state index contributed by atoms with van der Waals surface area (Å²) < 4.78 is 5.21. The van der Waals surface area contributed by atoms with E-state index in [9.17, 15) is 0 Å². The minimum atomic E-state index is 0.304. The second-order valence-corrected chi connectivity index (χ2v) is 5.05. The summed E-state index contributed by atoms with van der Waals surface area (Å²) in [4.78, 5) is 6.72. The first kappa shape index (κ1) is 11.9. The third kappa shape index (κ3) is 2.75. The van der Waals surface area contributed by atoms with Gasteiger partial charge in [0.2, 0.25) is 5.89 Å². The molecule has 0 aliphatic carbocycles. The maximum Gasteiger partial charge on any atom is 0.240 e. The van der Waals surface area contributed by atoms with Crippen LogP contribution in [0, 0.1) is 0 Å². The summed E-state index contributed by atoms with van der Waals surface area (Å²) in [5.74, 6) is 3.75. The third-order valence-corrected chi connectivity index (χ3v) is 3.73. The highest BCUT2D eigenvalue weighted by Gasteiger charge is 2.25. The zero-order chi connectivity index (χ0) is 11.4. The van der Waals surface area contributed by atoms with Crippen LogP contribution in [0.4, 0.5) is 0 Å². The Morgan fingerprint density at radius 2 is 2.50 bits per heavy atom. The first-order chi connectivity index (χ1) is 7.81. The van der Waals surface area contributed by atoms with Gasteiger partial charge in [0.25, 0.3) is 0 Å². The predicted molar refractivity (Wildman–Crippen MR) is 64.4 cm³/mol. The van der Waals surface area contributed by atoms with E-state index in [2.05, 4.69) is 34.3 Å². The molecule has 0 bridgehead atoms. The Hall–Kier alpha value is -0.590. The summed E-state index contributed by atoms with van der Waals surface area (Å²) >= 11 is 1.95. The van der Waals surface area contributed by atoms with E-state index in [1.54, 1.807) is 0 Å². The van der Waals surface area contributed by atoms with Crippen molar-refractivity contribution in [3.63, 3.8) is 0 Å². The maximum absolute atomic E-state index is 5.21. The fourth-order valence-corrected chi connectivity index (χ4v) is 2.88. The average molecular weight is 242 g/mol. The molecule has 0 aromatic carbocycles. The third-order valence-electron chi connectivity index (χ3n) is 2.70. The molecule has 5 nitrogen and oxygen atoms in total. The lowest BCUT2D eigenvalue weighted by Crippen LogP contribution is -2.33. The Kier molecular flexibility index (Phi) is 4.20. The molecule has 90 valence electrons. The first-order valence-corrected chi connectivity index (χ1v) is 6.78. The van der Waals surface area contributed by atoms with Gasteiger partial charge in [-0.05, 0) is 13.6 Å².